The van der Waals surface area contributed by atoms with Gasteiger partial charge in [-0.15, -0.1) is 0 Å². The second kappa shape index (κ2) is 8.30. The minimum absolute atomic E-state index is 0.433. The average Bonchev–Trinajstić information content (AvgIpc) is 3.11. The summed E-state index contributed by atoms with van der Waals surface area (Å²) in [6, 6.07) is 22.6. The molecule has 3 nitrogen and oxygen atoms in total. The van der Waals surface area contributed by atoms with Crippen LogP contribution in [0.2, 0.25) is 0 Å². The molecule has 25 heavy (non-hydrogen) atoms. The van der Waals surface area contributed by atoms with Crippen molar-refractivity contribution < 1.29 is 0 Å². The normalized spacial score (nSPS) is 10.6. The van der Waals surface area contributed by atoms with Crippen LogP contribution in [0.3, 0.4) is 0 Å². The van der Waals surface area contributed by atoms with Gasteiger partial charge in [0.25, 0.3) is 0 Å². The Hall–Kier alpha value is -2.86. The van der Waals surface area contributed by atoms with Gasteiger partial charge in [0.05, 0.1) is 11.4 Å². The Labute approximate surface area is 149 Å². The summed E-state index contributed by atoms with van der Waals surface area (Å²) in [7, 11) is 0. The second-order valence-electron chi connectivity index (χ2n) is 6.28. The van der Waals surface area contributed by atoms with Crippen LogP contribution in [0.15, 0.2) is 60.7 Å². The molecule has 0 atom stereocenters. The number of para-hydroxylation sites is 1. The standard InChI is InChI=1S/C22H23N3/c1-2-3-4-6-9-18-12-14-19(15-13-18)22-16-20(17-23)24-25(22)21-10-7-5-8-11-21/h5,7-8,10-16H,2-4,6,9H2,1H3. The van der Waals surface area contributed by atoms with E-state index in [2.05, 4.69) is 42.4 Å². The highest BCUT2D eigenvalue weighted by Crippen LogP contribution is 2.24. The van der Waals surface area contributed by atoms with Crippen LogP contribution in [-0.2, 0) is 6.42 Å². The third-order valence-electron chi connectivity index (χ3n) is 4.39. The van der Waals surface area contributed by atoms with Gasteiger partial charge < -0.3 is 0 Å². The van der Waals surface area contributed by atoms with Crippen LogP contribution in [-0.4, -0.2) is 9.78 Å². The van der Waals surface area contributed by atoms with Gasteiger partial charge in [0, 0.05) is 11.6 Å². The number of aromatic nitrogens is 2. The number of nitrogens with zero attached hydrogens (tertiary/aromatic N) is 3. The van der Waals surface area contributed by atoms with Gasteiger partial charge in [-0.2, -0.15) is 10.4 Å². The van der Waals surface area contributed by atoms with E-state index < -0.39 is 0 Å². The van der Waals surface area contributed by atoms with E-state index in [0.717, 1.165) is 23.4 Å². The first kappa shape index (κ1) is 17.0. The molecule has 0 spiro atoms. The van der Waals surface area contributed by atoms with Crippen LogP contribution in [0.5, 0.6) is 0 Å². The van der Waals surface area contributed by atoms with Gasteiger partial charge >= 0.3 is 0 Å². The largest absolute Gasteiger partial charge is 0.232 e. The van der Waals surface area contributed by atoms with Crippen LogP contribution in [0.25, 0.3) is 16.9 Å². The van der Waals surface area contributed by atoms with Crippen LogP contribution >= 0.6 is 0 Å². The first-order chi connectivity index (χ1) is 12.3. The fourth-order valence-electron chi connectivity index (χ4n) is 3.01. The molecule has 0 radical (unpaired) electrons. The number of aryl methyl sites for hydroxylation is 1. The predicted molar refractivity (Wildman–Crippen MR) is 102 cm³/mol. The summed E-state index contributed by atoms with van der Waals surface area (Å²) >= 11 is 0. The second-order valence-corrected chi connectivity index (χ2v) is 6.28. The highest BCUT2D eigenvalue weighted by Gasteiger charge is 2.11. The van der Waals surface area contributed by atoms with Crippen LogP contribution < -0.4 is 0 Å². The molecule has 1 heterocycles. The summed E-state index contributed by atoms with van der Waals surface area (Å²) in [6.45, 7) is 2.24. The maximum absolute atomic E-state index is 9.23. The quantitative estimate of drug-likeness (QED) is 0.534. The summed E-state index contributed by atoms with van der Waals surface area (Å²) < 4.78 is 1.84. The molecule has 0 N–H and O–H groups in total. The smallest absolute Gasteiger partial charge is 0.163 e. The van der Waals surface area contributed by atoms with E-state index in [1.54, 1.807) is 0 Å². The Kier molecular flexibility index (Phi) is 5.64. The Morgan fingerprint density at radius 1 is 0.960 bits per heavy atom. The zero-order chi connectivity index (χ0) is 17.5. The van der Waals surface area contributed by atoms with E-state index in [1.807, 2.05) is 41.1 Å². The molecule has 0 unspecified atom stereocenters. The lowest BCUT2D eigenvalue weighted by Crippen LogP contribution is -1.99. The molecule has 0 amide bonds. The summed E-state index contributed by atoms with van der Waals surface area (Å²) in [5, 5.41) is 13.7. The highest BCUT2D eigenvalue weighted by atomic mass is 15.3. The molecular weight excluding hydrogens is 306 g/mol. The van der Waals surface area contributed by atoms with Crippen molar-refractivity contribution in [3.8, 4) is 23.0 Å². The summed E-state index contributed by atoms with van der Waals surface area (Å²) in [4.78, 5) is 0. The minimum atomic E-state index is 0.433. The van der Waals surface area contributed by atoms with Gasteiger partial charge in [-0.05, 0) is 30.5 Å². The first-order valence-corrected chi connectivity index (χ1v) is 8.96. The molecular formula is C22H23N3. The summed E-state index contributed by atoms with van der Waals surface area (Å²) in [5.41, 5.74) is 4.78. The van der Waals surface area contributed by atoms with Crippen molar-refractivity contribution >= 4 is 0 Å². The number of unbranched alkanes of at least 4 members (excludes halogenated alkanes) is 3. The van der Waals surface area contributed by atoms with Gasteiger partial charge in [-0.1, -0.05) is 68.7 Å². The number of hydrogen-bond acceptors (Lipinski definition) is 2. The summed E-state index contributed by atoms with van der Waals surface area (Å²) in [6.07, 6.45) is 6.24. The van der Waals surface area contributed by atoms with Crippen molar-refractivity contribution in [3.63, 3.8) is 0 Å². The third-order valence-corrected chi connectivity index (χ3v) is 4.39. The Balaban J connectivity index is 1.84. The van der Waals surface area contributed by atoms with E-state index in [-0.39, 0.29) is 0 Å². The van der Waals surface area contributed by atoms with Crippen LogP contribution in [0, 0.1) is 11.3 Å². The van der Waals surface area contributed by atoms with Gasteiger partial charge in [-0.3, -0.25) is 0 Å². The first-order valence-electron chi connectivity index (χ1n) is 8.96. The lowest BCUT2D eigenvalue weighted by Gasteiger charge is -2.08. The molecule has 0 fully saturated rings. The zero-order valence-corrected chi connectivity index (χ0v) is 14.7. The van der Waals surface area contributed by atoms with E-state index in [1.165, 1.54) is 31.2 Å². The van der Waals surface area contributed by atoms with Crippen molar-refractivity contribution in [1.29, 1.82) is 5.26 Å². The van der Waals surface area contributed by atoms with Gasteiger partial charge in [-0.25, -0.2) is 4.68 Å². The lowest BCUT2D eigenvalue weighted by atomic mass is 10.0. The van der Waals surface area contributed by atoms with Gasteiger partial charge in [0.2, 0.25) is 0 Å². The third kappa shape index (κ3) is 4.16. The molecule has 0 saturated carbocycles. The van der Waals surface area contributed by atoms with Crippen molar-refractivity contribution in [3.05, 3.63) is 71.9 Å². The van der Waals surface area contributed by atoms with Gasteiger partial charge in [0.15, 0.2) is 5.69 Å². The monoisotopic (exact) mass is 329 g/mol. The number of benzene rings is 2. The molecule has 3 rings (SSSR count). The van der Waals surface area contributed by atoms with Crippen molar-refractivity contribution in [2.24, 2.45) is 0 Å². The Morgan fingerprint density at radius 3 is 2.40 bits per heavy atom. The number of nitriles is 1. The van der Waals surface area contributed by atoms with E-state index in [0.29, 0.717) is 5.69 Å². The fraction of sp³-hybridized carbons (Fsp3) is 0.273. The molecule has 0 aliphatic heterocycles. The average molecular weight is 329 g/mol. The molecule has 0 bridgehead atoms. The molecule has 2 aromatic carbocycles. The zero-order valence-electron chi connectivity index (χ0n) is 14.7. The molecule has 0 aliphatic rings. The molecule has 3 aromatic rings. The van der Waals surface area contributed by atoms with Crippen LogP contribution in [0.4, 0.5) is 0 Å². The van der Waals surface area contributed by atoms with E-state index in [9.17, 15) is 5.26 Å². The van der Waals surface area contributed by atoms with Crippen molar-refractivity contribution in [2.75, 3.05) is 0 Å². The SMILES string of the molecule is CCCCCCc1ccc(-c2cc(C#N)nn2-c2ccccc2)cc1. The Morgan fingerprint density at radius 2 is 1.72 bits per heavy atom. The van der Waals surface area contributed by atoms with E-state index >= 15 is 0 Å². The maximum Gasteiger partial charge on any atom is 0.163 e. The molecule has 0 aliphatic carbocycles. The lowest BCUT2D eigenvalue weighted by molar-refractivity contribution is 0.667. The van der Waals surface area contributed by atoms with E-state index in [4.69, 9.17) is 0 Å². The molecule has 3 heteroatoms. The van der Waals surface area contributed by atoms with Gasteiger partial charge in [0.1, 0.15) is 6.07 Å². The minimum Gasteiger partial charge on any atom is -0.232 e. The number of hydrogen-bond donors (Lipinski definition) is 0. The summed E-state index contributed by atoms with van der Waals surface area (Å²) in [5.74, 6) is 0. The Bertz CT molecular complexity index is 839. The van der Waals surface area contributed by atoms with Crippen molar-refractivity contribution in [2.45, 2.75) is 39.0 Å². The van der Waals surface area contributed by atoms with Crippen LogP contribution in [0.1, 0.15) is 43.9 Å². The topological polar surface area (TPSA) is 41.6 Å². The molecule has 0 saturated heterocycles. The van der Waals surface area contributed by atoms with Crippen molar-refractivity contribution in [1.82, 2.24) is 9.78 Å². The number of rotatable bonds is 7. The predicted octanol–water partition coefficient (Wildman–Crippen LogP) is 5.53. The highest BCUT2D eigenvalue weighted by molar-refractivity contribution is 5.64. The molecule has 126 valence electrons. The maximum atomic E-state index is 9.23. The fourth-order valence-corrected chi connectivity index (χ4v) is 3.01. The molecule has 1 aromatic heterocycles.